The number of aromatic nitrogens is 3. The predicted molar refractivity (Wildman–Crippen MR) is 43.6 cm³/mol. The van der Waals surface area contributed by atoms with Crippen LogP contribution in [0, 0.1) is 0 Å². The molecule has 66 valence electrons. The topological polar surface area (TPSA) is 39.9 Å². The van der Waals surface area contributed by atoms with Crippen molar-refractivity contribution < 1.29 is 4.74 Å². The summed E-state index contributed by atoms with van der Waals surface area (Å²) in [6, 6.07) is 0. The third-order valence-electron chi connectivity index (χ3n) is 2.18. The van der Waals surface area contributed by atoms with Gasteiger partial charge in [-0.05, 0) is 19.8 Å². The van der Waals surface area contributed by atoms with Crippen LogP contribution < -0.4 is 0 Å². The second kappa shape index (κ2) is 3.23. The molecule has 12 heavy (non-hydrogen) atoms. The first-order chi connectivity index (χ1) is 5.84. The van der Waals surface area contributed by atoms with Crippen LogP contribution in [0.4, 0.5) is 0 Å². The lowest BCUT2D eigenvalue weighted by Gasteiger charge is -2.09. The van der Waals surface area contributed by atoms with Crippen LogP contribution >= 0.6 is 0 Å². The fourth-order valence-corrected chi connectivity index (χ4v) is 1.56. The minimum absolute atomic E-state index is 0.335. The van der Waals surface area contributed by atoms with Crippen molar-refractivity contribution in [2.75, 3.05) is 0 Å². The van der Waals surface area contributed by atoms with Crippen LogP contribution in [0.1, 0.15) is 19.8 Å². The van der Waals surface area contributed by atoms with E-state index in [1.165, 1.54) is 6.42 Å². The van der Waals surface area contributed by atoms with Gasteiger partial charge in [0.2, 0.25) is 0 Å². The molecular weight excluding hydrogens is 154 g/mol. The monoisotopic (exact) mass is 167 g/mol. The van der Waals surface area contributed by atoms with E-state index in [0.29, 0.717) is 12.2 Å². The summed E-state index contributed by atoms with van der Waals surface area (Å²) in [4.78, 5) is 3.88. The van der Waals surface area contributed by atoms with Crippen molar-refractivity contribution in [3.63, 3.8) is 0 Å². The average Bonchev–Trinajstić information content (AvgIpc) is 2.63. The van der Waals surface area contributed by atoms with Gasteiger partial charge >= 0.3 is 0 Å². The van der Waals surface area contributed by atoms with E-state index in [4.69, 9.17) is 4.74 Å². The molecule has 0 saturated carbocycles. The van der Waals surface area contributed by atoms with Gasteiger partial charge in [0.25, 0.3) is 0 Å². The van der Waals surface area contributed by atoms with Crippen molar-refractivity contribution in [3.05, 3.63) is 12.7 Å². The molecule has 1 aromatic heterocycles. The van der Waals surface area contributed by atoms with Crippen molar-refractivity contribution in [1.29, 1.82) is 0 Å². The molecule has 4 nitrogen and oxygen atoms in total. The first-order valence-corrected chi connectivity index (χ1v) is 4.32. The van der Waals surface area contributed by atoms with Crippen molar-refractivity contribution in [1.82, 2.24) is 14.8 Å². The Morgan fingerprint density at radius 1 is 1.58 bits per heavy atom. The van der Waals surface area contributed by atoms with Gasteiger partial charge in [-0.3, -0.25) is 4.68 Å². The molecule has 1 saturated heterocycles. The smallest absolute Gasteiger partial charge is 0.137 e. The third kappa shape index (κ3) is 1.64. The lowest BCUT2D eigenvalue weighted by molar-refractivity contribution is 0.0436. The largest absolute Gasteiger partial charge is 0.373 e. The van der Waals surface area contributed by atoms with Crippen LogP contribution in [0.5, 0.6) is 0 Å². The van der Waals surface area contributed by atoms with Crippen molar-refractivity contribution >= 4 is 0 Å². The number of rotatable bonds is 2. The van der Waals surface area contributed by atoms with E-state index < -0.39 is 0 Å². The van der Waals surface area contributed by atoms with E-state index in [0.717, 1.165) is 13.0 Å². The molecule has 1 aromatic rings. The highest BCUT2D eigenvalue weighted by Crippen LogP contribution is 2.19. The predicted octanol–water partition coefficient (Wildman–Crippen LogP) is 0.846. The fraction of sp³-hybridized carbons (Fsp3) is 0.750. The summed E-state index contributed by atoms with van der Waals surface area (Å²) in [6.45, 7) is 2.95. The molecule has 1 fully saturated rings. The van der Waals surface area contributed by atoms with Gasteiger partial charge < -0.3 is 4.74 Å². The van der Waals surface area contributed by atoms with Gasteiger partial charge in [0.05, 0.1) is 18.8 Å². The quantitative estimate of drug-likeness (QED) is 0.655. The van der Waals surface area contributed by atoms with Gasteiger partial charge in [-0.25, -0.2) is 4.98 Å². The van der Waals surface area contributed by atoms with Gasteiger partial charge in [0.15, 0.2) is 0 Å². The molecule has 1 aliphatic heterocycles. The third-order valence-corrected chi connectivity index (χ3v) is 2.18. The summed E-state index contributed by atoms with van der Waals surface area (Å²) in [6.07, 6.45) is 6.34. The van der Waals surface area contributed by atoms with Gasteiger partial charge in [-0.1, -0.05) is 0 Å². The van der Waals surface area contributed by atoms with E-state index >= 15 is 0 Å². The maximum absolute atomic E-state index is 5.65. The second-order valence-corrected chi connectivity index (χ2v) is 3.26. The molecule has 0 aromatic carbocycles. The lowest BCUT2D eigenvalue weighted by Crippen LogP contribution is -2.16. The standard InChI is InChI=1S/C8H13N3O/c1-7-2-3-8(12-7)4-11-6-9-5-10-11/h5-8H,2-4H2,1H3. The molecule has 0 radical (unpaired) electrons. The van der Waals surface area contributed by atoms with E-state index in [-0.39, 0.29) is 0 Å². The zero-order valence-corrected chi connectivity index (χ0v) is 7.18. The Bertz CT molecular complexity index is 234. The Morgan fingerprint density at radius 2 is 2.50 bits per heavy atom. The Balaban J connectivity index is 1.88. The molecule has 4 heteroatoms. The van der Waals surface area contributed by atoms with Crippen LogP contribution in [-0.4, -0.2) is 27.0 Å². The molecular formula is C8H13N3O. The summed E-state index contributed by atoms with van der Waals surface area (Å²) in [5.74, 6) is 0. The highest BCUT2D eigenvalue weighted by atomic mass is 16.5. The summed E-state index contributed by atoms with van der Waals surface area (Å²) in [7, 11) is 0. The van der Waals surface area contributed by atoms with Crippen molar-refractivity contribution in [2.24, 2.45) is 0 Å². The van der Waals surface area contributed by atoms with Crippen LogP contribution in [0.3, 0.4) is 0 Å². The zero-order valence-electron chi connectivity index (χ0n) is 7.18. The molecule has 0 bridgehead atoms. The SMILES string of the molecule is CC1CCC(Cn2cncn2)O1. The number of hydrogen-bond donors (Lipinski definition) is 0. The maximum atomic E-state index is 5.65. The Morgan fingerprint density at radius 3 is 3.08 bits per heavy atom. The highest BCUT2D eigenvalue weighted by molar-refractivity contribution is 4.71. The maximum Gasteiger partial charge on any atom is 0.137 e. The zero-order chi connectivity index (χ0) is 8.39. The number of nitrogens with zero attached hydrogens (tertiary/aromatic N) is 3. The molecule has 0 N–H and O–H groups in total. The van der Waals surface area contributed by atoms with Crippen molar-refractivity contribution in [2.45, 2.75) is 38.5 Å². The van der Waals surface area contributed by atoms with Crippen molar-refractivity contribution in [3.8, 4) is 0 Å². The minimum atomic E-state index is 0.335. The van der Waals surface area contributed by atoms with E-state index in [1.54, 1.807) is 12.7 Å². The molecule has 2 unspecified atom stereocenters. The van der Waals surface area contributed by atoms with E-state index in [9.17, 15) is 0 Å². The second-order valence-electron chi connectivity index (χ2n) is 3.26. The first kappa shape index (κ1) is 7.73. The molecule has 1 aliphatic rings. The molecule has 0 spiro atoms. The van der Waals surface area contributed by atoms with Crippen LogP contribution in [0.2, 0.25) is 0 Å². The molecule has 0 aliphatic carbocycles. The summed E-state index contributed by atoms with van der Waals surface area (Å²) in [5, 5.41) is 4.03. The van der Waals surface area contributed by atoms with Crippen LogP contribution in [0.15, 0.2) is 12.7 Å². The first-order valence-electron chi connectivity index (χ1n) is 4.32. The summed E-state index contributed by atoms with van der Waals surface area (Å²) < 4.78 is 7.47. The Kier molecular flexibility index (Phi) is 2.08. The molecule has 2 heterocycles. The molecule has 2 atom stereocenters. The summed E-state index contributed by atoms with van der Waals surface area (Å²) in [5.41, 5.74) is 0. The van der Waals surface area contributed by atoms with Gasteiger partial charge in [-0.2, -0.15) is 5.10 Å². The normalized spacial score (nSPS) is 29.4. The Hall–Kier alpha value is -0.900. The fourth-order valence-electron chi connectivity index (χ4n) is 1.56. The van der Waals surface area contributed by atoms with E-state index in [1.807, 2.05) is 4.68 Å². The van der Waals surface area contributed by atoms with Crippen LogP contribution in [0.25, 0.3) is 0 Å². The highest BCUT2D eigenvalue weighted by Gasteiger charge is 2.21. The molecule has 2 rings (SSSR count). The molecule has 0 amide bonds. The Labute approximate surface area is 71.6 Å². The lowest BCUT2D eigenvalue weighted by atomic mass is 10.2. The van der Waals surface area contributed by atoms with Gasteiger partial charge in [-0.15, -0.1) is 0 Å². The van der Waals surface area contributed by atoms with Crippen LogP contribution in [-0.2, 0) is 11.3 Å². The average molecular weight is 167 g/mol. The van der Waals surface area contributed by atoms with Gasteiger partial charge in [0.1, 0.15) is 12.7 Å². The number of hydrogen-bond acceptors (Lipinski definition) is 3. The minimum Gasteiger partial charge on any atom is -0.373 e. The van der Waals surface area contributed by atoms with Gasteiger partial charge in [0, 0.05) is 0 Å². The number of ether oxygens (including phenoxy) is 1. The summed E-state index contributed by atoms with van der Waals surface area (Å²) >= 11 is 0. The van der Waals surface area contributed by atoms with E-state index in [2.05, 4.69) is 17.0 Å².